The molecule has 2 aliphatic rings. The number of guanidine groups is 1. The summed E-state index contributed by atoms with van der Waals surface area (Å²) in [5.74, 6) is 0.739. The first kappa shape index (κ1) is 23.9. The van der Waals surface area contributed by atoms with E-state index in [4.69, 9.17) is 4.74 Å². The van der Waals surface area contributed by atoms with Crippen LogP contribution in [0.15, 0.2) is 29.3 Å². The fraction of sp³-hybridized carbons (Fsp3) is 0.619. The van der Waals surface area contributed by atoms with Crippen LogP contribution in [0.4, 0.5) is 5.69 Å². The van der Waals surface area contributed by atoms with Crippen molar-refractivity contribution in [2.75, 3.05) is 45.2 Å². The third-order valence-electron chi connectivity index (χ3n) is 5.27. The maximum Gasteiger partial charge on any atom is 0.253 e. The largest absolute Gasteiger partial charge is 0.368 e. The van der Waals surface area contributed by atoms with Gasteiger partial charge in [0, 0.05) is 39.0 Å². The number of ether oxygens (including phenoxy) is 1. The highest BCUT2D eigenvalue weighted by molar-refractivity contribution is 14.0. The zero-order valence-corrected chi connectivity index (χ0v) is 19.6. The highest BCUT2D eigenvalue weighted by atomic mass is 127. The van der Waals surface area contributed by atoms with E-state index < -0.39 is 0 Å². The molecule has 1 amide bonds. The molecule has 2 aliphatic heterocycles. The van der Waals surface area contributed by atoms with Crippen molar-refractivity contribution >= 4 is 41.5 Å². The van der Waals surface area contributed by atoms with Gasteiger partial charge in [0.25, 0.3) is 5.91 Å². The maximum absolute atomic E-state index is 12.2. The van der Waals surface area contributed by atoms with Gasteiger partial charge in [-0.25, -0.2) is 0 Å². The van der Waals surface area contributed by atoms with E-state index in [9.17, 15) is 4.79 Å². The van der Waals surface area contributed by atoms with Crippen LogP contribution in [0.3, 0.4) is 0 Å². The van der Waals surface area contributed by atoms with E-state index in [0.29, 0.717) is 13.2 Å². The molecule has 0 saturated carbocycles. The average molecular weight is 515 g/mol. The van der Waals surface area contributed by atoms with Crippen LogP contribution in [-0.2, 0) is 16.1 Å². The molecule has 8 heteroatoms. The minimum absolute atomic E-state index is 0. The third-order valence-corrected chi connectivity index (χ3v) is 5.27. The van der Waals surface area contributed by atoms with Gasteiger partial charge in [-0.2, -0.15) is 0 Å². The molecule has 0 aromatic heterocycles. The molecule has 1 atom stereocenters. The fourth-order valence-electron chi connectivity index (χ4n) is 3.69. The third kappa shape index (κ3) is 8.10. The number of likely N-dealkylation sites (tertiary alicyclic amines) is 1. The monoisotopic (exact) mass is 515 g/mol. The SMILES string of the molecule is CN=C(NCCN1CCCCC1)NCc1cccc(NC(=O)C2CCCO2)c1.I. The summed E-state index contributed by atoms with van der Waals surface area (Å²) in [6, 6.07) is 7.88. The first-order valence-corrected chi connectivity index (χ1v) is 10.4. The van der Waals surface area contributed by atoms with Gasteiger partial charge in [0.15, 0.2) is 5.96 Å². The first-order valence-electron chi connectivity index (χ1n) is 10.4. The molecular weight excluding hydrogens is 481 g/mol. The maximum atomic E-state index is 12.2. The number of aliphatic imine (C=N–C) groups is 1. The van der Waals surface area contributed by atoms with E-state index in [0.717, 1.165) is 43.1 Å². The number of benzene rings is 1. The Morgan fingerprint density at radius 3 is 2.76 bits per heavy atom. The highest BCUT2D eigenvalue weighted by Gasteiger charge is 2.23. The molecule has 7 nitrogen and oxygen atoms in total. The molecule has 0 bridgehead atoms. The molecule has 1 aromatic rings. The standard InChI is InChI=1S/C21H33N5O2.HI/c1-22-21(23-10-13-26-11-3-2-4-12-26)24-16-17-7-5-8-18(15-17)25-20(27)19-9-6-14-28-19;/h5,7-8,15,19H,2-4,6,9-14,16H2,1H3,(H,25,27)(H2,22,23,24);1H. The minimum atomic E-state index is -0.315. The Morgan fingerprint density at radius 2 is 2.03 bits per heavy atom. The topological polar surface area (TPSA) is 78.0 Å². The van der Waals surface area contributed by atoms with Crippen molar-refractivity contribution in [3.05, 3.63) is 29.8 Å². The van der Waals surface area contributed by atoms with Gasteiger partial charge in [0.05, 0.1) is 0 Å². The van der Waals surface area contributed by atoms with E-state index in [2.05, 4.69) is 25.8 Å². The van der Waals surface area contributed by atoms with Crippen LogP contribution >= 0.6 is 24.0 Å². The van der Waals surface area contributed by atoms with Gasteiger partial charge >= 0.3 is 0 Å². The number of amides is 1. The average Bonchev–Trinajstić information content (AvgIpc) is 3.27. The molecule has 2 fully saturated rings. The molecule has 1 unspecified atom stereocenters. The van der Waals surface area contributed by atoms with Crippen molar-refractivity contribution in [2.45, 2.75) is 44.8 Å². The number of nitrogens with one attached hydrogen (secondary N) is 3. The first-order chi connectivity index (χ1) is 13.7. The minimum Gasteiger partial charge on any atom is -0.368 e. The van der Waals surface area contributed by atoms with Crippen LogP contribution in [0.1, 0.15) is 37.7 Å². The lowest BCUT2D eigenvalue weighted by Gasteiger charge is -2.26. The molecule has 29 heavy (non-hydrogen) atoms. The summed E-state index contributed by atoms with van der Waals surface area (Å²) in [6.45, 7) is 5.66. The second kappa shape index (κ2) is 13.0. The van der Waals surface area contributed by atoms with Crippen LogP contribution in [0.25, 0.3) is 0 Å². The van der Waals surface area contributed by atoms with E-state index in [1.54, 1.807) is 7.05 Å². The normalized spacial score (nSPS) is 20.0. The lowest BCUT2D eigenvalue weighted by molar-refractivity contribution is -0.124. The van der Waals surface area contributed by atoms with Gasteiger partial charge in [-0.05, 0) is 56.5 Å². The van der Waals surface area contributed by atoms with Crippen molar-refractivity contribution in [3.8, 4) is 0 Å². The number of carbonyl (C=O) groups excluding carboxylic acids is 1. The number of anilines is 1. The van der Waals surface area contributed by atoms with Crippen molar-refractivity contribution < 1.29 is 9.53 Å². The molecule has 0 radical (unpaired) electrons. The van der Waals surface area contributed by atoms with Crippen LogP contribution in [0.5, 0.6) is 0 Å². The molecule has 1 aromatic carbocycles. The number of piperidine rings is 1. The second-order valence-electron chi connectivity index (χ2n) is 7.45. The number of rotatable bonds is 7. The van der Waals surface area contributed by atoms with Crippen molar-refractivity contribution in [3.63, 3.8) is 0 Å². The van der Waals surface area contributed by atoms with Gasteiger partial charge in [0.2, 0.25) is 0 Å². The molecule has 0 aliphatic carbocycles. The summed E-state index contributed by atoms with van der Waals surface area (Å²) in [7, 11) is 1.79. The Bertz CT molecular complexity index is 658. The predicted octanol–water partition coefficient (Wildman–Crippen LogP) is 2.57. The Kier molecular flexibility index (Phi) is 10.7. The Balaban J connectivity index is 0.00000300. The summed E-state index contributed by atoms with van der Waals surface area (Å²) in [5.41, 5.74) is 1.89. The smallest absolute Gasteiger partial charge is 0.253 e. The Hall–Kier alpha value is -1.39. The summed E-state index contributed by atoms with van der Waals surface area (Å²) in [6.07, 6.45) is 5.42. The van der Waals surface area contributed by atoms with E-state index in [1.807, 2.05) is 24.3 Å². The van der Waals surface area contributed by atoms with Crippen LogP contribution in [-0.4, -0.2) is 62.7 Å². The fourth-order valence-corrected chi connectivity index (χ4v) is 3.69. The zero-order valence-electron chi connectivity index (χ0n) is 17.3. The predicted molar refractivity (Wildman–Crippen MR) is 128 cm³/mol. The number of nitrogens with zero attached hydrogens (tertiary/aromatic N) is 2. The van der Waals surface area contributed by atoms with Crippen molar-refractivity contribution in [2.24, 2.45) is 4.99 Å². The summed E-state index contributed by atoms with van der Waals surface area (Å²) < 4.78 is 5.44. The number of carbonyl (C=O) groups is 1. The summed E-state index contributed by atoms with van der Waals surface area (Å²) in [4.78, 5) is 19.0. The van der Waals surface area contributed by atoms with Gasteiger partial charge in [-0.3, -0.25) is 9.79 Å². The quantitative estimate of drug-likeness (QED) is 0.296. The molecule has 3 N–H and O–H groups in total. The van der Waals surface area contributed by atoms with Crippen LogP contribution in [0.2, 0.25) is 0 Å². The Morgan fingerprint density at radius 1 is 1.21 bits per heavy atom. The van der Waals surface area contributed by atoms with E-state index in [1.165, 1.54) is 32.4 Å². The second-order valence-corrected chi connectivity index (χ2v) is 7.45. The summed E-state index contributed by atoms with van der Waals surface area (Å²) in [5, 5.41) is 9.68. The molecular formula is C21H34IN5O2. The molecule has 0 spiro atoms. The van der Waals surface area contributed by atoms with Gasteiger partial charge in [-0.1, -0.05) is 18.6 Å². The molecule has 3 rings (SSSR count). The van der Waals surface area contributed by atoms with E-state index >= 15 is 0 Å². The van der Waals surface area contributed by atoms with Gasteiger partial charge in [0.1, 0.15) is 6.10 Å². The van der Waals surface area contributed by atoms with Crippen molar-refractivity contribution in [1.82, 2.24) is 15.5 Å². The van der Waals surface area contributed by atoms with Gasteiger partial charge < -0.3 is 25.6 Å². The molecule has 2 heterocycles. The number of halogens is 1. The molecule has 162 valence electrons. The van der Waals surface area contributed by atoms with Crippen molar-refractivity contribution in [1.29, 1.82) is 0 Å². The zero-order chi connectivity index (χ0) is 19.6. The lowest BCUT2D eigenvalue weighted by atomic mass is 10.1. The lowest BCUT2D eigenvalue weighted by Crippen LogP contribution is -2.42. The Labute approximate surface area is 191 Å². The number of hydrogen-bond acceptors (Lipinski definition) is 4. The highest BCUT2D eigenvalue weighted by Crippen LogP contribution is 2.16. The number of hydrogen-bond donors (Lipinski definition) is 3. The summed E-state index contributed by atoms with van der Waals surface area (Å²) >= 11 is 0. The van der Waals surface area contributed by atoms with Crippen LogP contribution in [0, 0.1) is 0 Å². The van der Waals surface area contributed by atoms with Gasteiger partial charge in [-0.15, -0.1) is 24.0 Å². The molecule has 2 saturated heterocycles. The van der Waals surface area contributed by atoms with Crippen LogP contribution < -0.4 is 16.0 Å². The van der Waals surface area contributed by atoms with E-state index in [-0.39, 0.29) is 36.0 Å².